The van der Waals surface area contributed by atoms with Crippen LogP contribution in [-0.4, -0.2) is 13.0 Å². The van der Waals surface area contributed by atoms with Crippen LogP contribution in [-0.2, 0) is 4.79 Å². The molecule has 1 N–H and O–H groups in total. The van der Waals surface area contributed by atoms with Gasteiger partial charge >= 0.3 is 0 Å². The molecule has 0 aromatic carbocycles. The zero-order valence-electron chi connectivity index (χ0n) is 6.69. The topological polar surface area (TPSA) is 29.1 Å². The first kappa shape index (κ1) is 9.03. The minimum absolute atomic E-state index is 0.0112. The van der Waals surface area contributed by atoms with Crippen LogP contribution in [0.3, 0.4) is 0 Å². The van der Waals surface area contributed by atoms with Crippen molar-refractivity contribution in [2.24, 2.45) is 5.41 Å². The molecule has 1 amide bonds. The lowest BCUT2D eigenvalue weighted by molar-refractivity contribution is -0.121. The Labute approximate surface area is 62.0 Å². The van der Waals surface area contributed by atoms with Crippen molar-refractivity contribution in [2.75, 3.05) is 7.05 Å². The third-order valence-corrected chi connectivity index (χ3v) is 1.27. The lowest BCUT2D eigenvalue weighted by Crippen LogP contribution is -2.24. The van der Waals surface area contributed by atoms with Crippen LogP contribution in [0.25, 0.3) is 0 Å². The van der Waals surface area contributed by atoms with Crippen molar-refractivity contribution in [2.45, 2.75) is 20.3 Å². The lowest BCUT2D eigenvalue weighted by Gasteiger charge is -2.14. The fourth-order valence-electron chi connectivity index (χ4n) is 0.541. The molecule has 0 spiro atoms. The molecule has 2 heteroatoms. The summed E-state index contributed by atoms with van der Waals surface area (Å²) >= 11 is 0. The van der Waals surface area contributed by atoms with Crippen molar-refractivity contribution in [1.82, 2.24) is 5.32 Å². The van der Waals surface area contributed by atoms with E-state index >= 15 is 0 Å². The van der Waals surface area contributed by atoms with Crippen molar-refractivity contribution in [3.05, 3.63) is 0 Å². The Bertz CT molecular complexity index is 165. The van der Waals surface area contributed by atoms with Gasteiger partial charge in [-0.15, -0.1) is 6.42 Å². The SMILES string of the molecule is C#CC(C)(C)CC(=O)NC. The van der Waals surface area contributed by atoms with Crippen LogP contribution in [0.5, 0.6) is 0 Å². The highest BCUT2D eigenvalue weighted by molar-refractivity contribution is 5.76. The van der Waals surface area contributed by atoms with Gasteiger partial charge in [0.05, 0.1) is 0 Å². The van der Waals surface area contributed by atoms with Gasteiger partial charge in [-0.05, 0) is 13.8 Å². The maximum absolute atomic E-state index is 10.8. The molecule has 0 aromatic rings. The molecule has 0 heterocycles. The molecule has 0 atom stereocenters. The predicted octanol–water partition coefficient (Wildman–Crippen LogP) is 0.782. The van der Waals surface area contributed by atoms with Crippen LogP contribution in [0.2, 0.25) is 0 Å². The first-order valence-electron chi connectivity index (χ1n) is 3.20. The normalized spacial score (nSPS) is 10.2. The summed E-state index contributed by atoms with van der Waals surface area (Å²) in [4.78, 5) is 10.8. The molecule has 0 fully saturated rings. The molecule has 56 valence electrons. The van der Waals surface area contributed by atoms with Gasteiger partial charge in [0.15, 0.2) is 0 Å². The number of hydrogen-bond donors (Lipinski definition) is 1. The zero-order valence-corrected chi connectivity index (χ0v) is 6.69. The fourth-order valence-corrected chi connectivity index (χ4v) is 0.541. The van der Waals surface area contributed by atoms with Gasteiger partial charge in [-0.2, -0.15) is 0 Å². The molecule has 0 rings (SSSR count). The molecule has 0 aliphatic heterocycles. The Morgan fingerprint density at radius 1 is 1.70 bits per heavy atom. The second-order valence-corrected chi connectivity index (χ2v) is 2.88. The minimum Gasteiger partial charge on any atom is -0.359 e. The molecule has 0 saturated carbocycles. The van der Waals surface area contributed by atoms with E-state index < -0.39 is 0 Å². The summed E-state index contributed by atoms with van der Waals surface area (Å²) in [5, 5.41) is 2.52. The Morgan fingerprint density at radius 2 is 2.20 bits per heavy atom. The molecule has 0 aliphatic rings. The van der Waals surface area contributed by atoms with E-state index in [1.165, 1.54) is 0 Å². The second kappa shape index (κ2) is 3.26. The zero-order chi connectivity index (χ0) is 8.20. The highest BCUT2D eigenvalue weighted by atomic mass is 16.1. The largest absolute Gasteiger partial charge is 0.359 e. The van der Waals surface area contributed by atoms with Crippen LogP contribution < -0.4 is 5.32 Å². The highest BCUT2D eigenvalue weighted by Gasteiger charge is 2.17. The van der Waals surface area contributed by atoms with E-state index in [-0.39, 0.29) is 11.3 Å². The first-order valence-corrected chi connectivity index (χ1v) is 3.20. The van der Waals surface area contributed by atoms with Gasteiger partial charge in [-0.1, -0.05) is 5.92 Å². The molecule has 2 nitrogen and oxygen atoms in total. The molecule has 0 unspecified atom stereocenters. The molecule has 10 heavy (non-hydrogen) atoms. The monoisotopic (exact) mass is 139 g/mol. The molecule has 0 radical (unpaired) electrons. The number of carbonyl (C=O) groups is 1. The molecular formula is C8H13NO. The summed E-state index contributed by atoms with van der Waals surface area (Å²) in [5.74, 6) is 2.53. The van der Waals surface area contributed by atoms with E-state index in [0.717, 1.165) is 0 Å². The van der Waals surface area contributed by atoms with Crippen LogP contribution in [0.4, 0.5) is 0 Å². The molecule has 0 saturated heterocycles. The number of nitrogens with one attached hydrogen (secondary N) is 1. The van der Waals surface area contributed by atoms with Gasteiger partial charge in [0.25, 0.3) is 0 Å². The molecular weight excluding hydrogens is 126 g/mol. The average Bonchev–Trinajstić information content (AvgIpc) is 1.87. The number of hydrogen-bond acceptors (Lipinski definition) is 1. The number of rotatable bonds is 2. The smallest absolute Gasteiger partial charge is 0.221 e. The summed E-state index contributed by atoms with van der Waals surface area (Å²) in [6.07, 6.45) is 5.57. The van der Waals surface area contributed by atoms with Crippen LogP contribution in [0.15, 0.2) is 0 Å². The van der Waals surface area contributed by atoms with Crippen molar-refractivity contribution in [3.8, 4) is 12.3 Å². The Morgan fingerprint density at radius 3 is 2.50 bits per heavy atom. The summed E-state index contributed by atoms with van der Waals surface area (Å²) in [5.41, 5.74) is -0.319. The van der Waals surface area contributed by atoms with Crippen molar-refractivity contribution in [3.63, 3.8) is 0 Å². The third-order valence-electron chi connectivity index (χ3n) is 1.27. The lowest BCUT2D eigenvalue weighted by atomic mass is 9.90. The van der Waals surface area contributed by atoms with E-state index in [1.807, 2.05) is 13.8 Å². The van der Waals surface area contributed by atoms with Gasteiger partial charge in [0.1, 0.15) is 0 Å². The minimum atomic E-state index is -0.319. The third kappa shape index (κ3) is 3.13. The average molecular weight is 139 g/mol. The van der Waals surface area contributed by atoms with Gasteiger partial charge < -0.3 is 5.32 Å². The number of amides is 1. The first-order chi connectivity index (χ1) is 4.52. The van der Waals surface area contributed by atoms with Gasteiger partial charge in [-0.25, -0.2) is 0 Å². The number of carbonyl (C=O) groups excluding carboxylic acids is 1. The Kier molecular flexibility index (Phi) is 2.95. The Balaban J connectivity index is 3.92. The highest BCUT2D eigenvalue weighted by Crippen LogP contribution is 2.17. The predicted molar refractivity (Wildman–Crippen MR) is 41.3 cm³/mol. The number of terminal acetylenes is 1. The molecule has 0 aliphatic carbocycles. The van der Waals surface area contributed by atoms with E-state index in [4.69, 9.17) is 6.42 Å². The second-order valence-electron chi connectivity index (χ2n) is 2.88. The van der Waals surface area contributed by atoms with Gasteiger partial charge in [-0.3, -0.25) is 4.79 Å². The quantitative estimate of drug-likeness (QED) is 0.563. The Hall–Kier alpha value is -0.970. The van der Waals surface area contributed by atoms with Crippen molar-refractivity contribution in [1.29, 1.82) is 0 Å². The van der Waals surface area contributed by atoms with Crippen LogP contribution in [0.1, 0.15) is 20.3 Å². The van der Waals surface area contributed by atoms with E-state index in [1.54, 1.807) is 7.05 Å². The van der Waals surface area contributed by atoms with Gasteiger partial charge in [0, 0.05) is 18.9 Å². The van der Waals surface area contributed by atoms with Crippen molar-refractivity contribution >= 4 is 5.91 Å². The standard InChI is InChI=1S/C8H13NO/c1-5-8(2,3)6-7(10)9-4/h1H,6H2,2-4H3,(H,9,10). The van der Waals surface area contributed by atoms with E-state index in [0.29, 0.717) is 6.42 Å². The maximum atomic E-state index is 10.8. The van der Waals surface area contributed by atoms with Crippen LogP contribution >= 0.6 is 0 Å². The van der Waals surface area contributed by atoms with Crippen LogP contribution in [0, 0.1) is 17.8 Å². The van der Waals surface area contributed by atoms with Gasteiger partial charge in [0.2, 0.25) is 5.91 Å². The van der Waals surface area contributed by atoms with Crippen molar-refractivity contribution < 1.29 is 4.79 Å². The summed E-state index contributed by atoms with van der Waals surface area (Å²) in [6.45, 7) is 3.73. The molecule has 0 aromatic heterocycles. The fraction of sp³-hybridized carbons (Fsp3) is 0.625. The van der Waals surface area contributed by atoms with E-state index in [2.05, 4.69) is 11.2 Å². The summed E-state index contributed by atoms with van der Waals surface area (Å²) < 4.78 is 0. The van der Waals surface area contributed by atoms with E-state index in [9.17, 15) is 4.79 Å². The summed E-state index contributed by atoms with van der Waals surface area (Å²) in [7, 11) is 1.61. The molecule has 0 bridgehead atoms. The maximum Gasteiger partial charge on any atom is 0.221 e. The summed E-state index contributed by atoms with van der Waals surface area (Å²) in [6, 6.07) is 0.